The average molecular weight is 394 g/mol. The monoisotopic (exact) mass is 393 g/mol. The van der Waals surface area contributed by atoms with Crippen molar-refractivity contribution in [2.75, 3.05) is 24.3 Å². The van der Waals surface area contributed by atoms with Gasteiger partial charge < -0.3 is 10.2 Å². The molecule has 1 N–H and O–H groups in total. The van der Waals surface area contributed by atoms with Crippen LogP contribution in [0.5, 0.6) is 0 Å². The van der Waals surface area contributed by atoms with E-state index in [1.165, 1.54) is 0 Å². The molecule has 0 saturated carbocycles. The fourth-order valence-corrected chi connectivity index (χ4v) is 3.28. The van der Waals surface area contributed by atoms with Gasteiger partial charge in [0.1, 0.15) is 17.5 Å². The Bertz CT molecular complexity index is 1140. The van der Waals surface area contributed by atoms with Gasteiger partial charge in [0.25, 0.3) is 0 Å². The highest BCUT2D eigenvalue weighted by Crippen LogP contribution is 2.25. The average Bonchev–Trinajstić information content (AvgIpc) is 3.10. The topological polar surface area (TPSA) is 71.8 Å². The van der Waals surface area contributed by atoms with E-state index >= 15 is 0 Å². The standard InChI is InChI=1S/C20H20ClN7/c1-13-25-18(23-11-14-6-5-9-22-19(14)27(2)3)17-12-24-28(20(17)26-13)16-8-4-7-15(21)10-16/h4-10,12H,11H2,1-3H3,(H,23,25,26). The summed E-state index contributed by atoms with van der Waals surface area (Å²) in [6, 6.07) is 11.5. The summed E-state index contributed by atoms with van der Waals surface area (Å²) in [4.78, 5) is 15.6. The molecule has 0 spiro atoms. The zero-order valence-electron chi connectivity index (χ0n) is 15.9. The summed E-state index contributed by atoms with van der Waals surface area (Å²) in [5.74, 6) is 2.33. The molecule has 0 saturated heterocycles. The van der Waals surface area contributed by atoms with E-state index in [4.69, 9.17) is 11.6 Å². The van der Waals surface area contributed by atoms with Crippen LogP contribution in [-0.2, 0) is 6.54 Å². The van der Waals surface area contributed by atoms with Crippen LogP contribution in [0.3, 0.4) is 0 Å². The Labute approximate surface area is 168 Å². The number of fused-ring (bicyclic) bond motifs is 1. The van der Waals surface area contributed by atoms with E-state index in [0.29, 0.717) is 17.4 Å². The Morgan fingerprint density at radius 1 is 1.14 bits per heavy atom. The maximum Gasteiger partial charge on any atom is 0.168 e. The number of anilines is 2. The third-order valence-corrected chi connectivity index (χ3v) is 4.57. The Kier molecular flexibility index (Phi) is 4.83. The van der Waals surface area contributed by atoms with Gasteiger partial charge >= 0.3 is 0 Å². The number of aromatic nitrogens is 5. The third kappa shape index (κ3) is 3.48. The third-order valence-electron chi connectivity index (χ3n) is 4.33. The van der Waals surface area contributed by atoms with Gasteiger partial charge in [0, 0.05) is 37.4 Å². The van der Waals surface area contributed by atoms with E-state index in [-0.39, 0.29) is 0 Å². The number of pyridine rings is 1. The summed E-state index contributed by atoms with van der Waals surface area (Å²) in [5, 5.41) is 9.42. The lowest BCUT2D eigenvalue weighted by Gasteiger charge is -2.16. The lowest BCUT2D eigenvalue weighted by Crippen LogP contribution is -2.15. The molecule has 0 aliphatic heterocycles. The molecule has 0 unspecified atom stereocenters. The number of nitrogens with zero attached hydrogens (tertiary/aromatic N) is 6. The Morgan fingerprint density at radius 3 is 2.79 bits per heavy atom. The predicted octanol–water partition coefficient (Wildman–Crippen LogP) is 3.85. The van der Waals surface area contributed by atoms with Crippen molar-refractivity contribution in [1.29, 1.82) is 0 Å². The summed E-state index contributed by atoms with van der Waals surface area (Å²) in [6.07, 6.45) is 3.56. The summed E-state index contributed by atoms with van der Waals surface area (Å²) in [7, 11) is 3.96. The Hall–Kier alpha value is -3.19. The number of rotatable bonds is 5. The molecule has 8 heteroatoms. The fourth-order valence-electron chi connectivity index (χ4n) is 3.10. The quantitative estimate of drug-likeness (QED) is 0.555. The maximum absolute atomic E-state index is 6.14. The largest absolute Gasteiger partial charge is 0.365 e. The number of halogens is 1. The highest BCUT2D eigenvalue weighted by atomic mass is 35.5. The summed E-state index contributed by atoms with van der Waals surface area (Å²) < 4.78 is 1.77. The van der Waals surface area contributed by atoms with E-state index < -0.39 is 0 Å². The second-order valence-corrected chi connectivity index (χ2v) is 7.06. The molecule has 0 amide bonds. The molecule has 0 atom stereocenters. The molecule has 0 fully saturated rings. The number of aryl methyl sites for hydroxylation is 1. The lowest BCUT2D eigenvalue weighted by atomic mass is 10.2. The van der Waals surface area contributed by atoms with Gasteiger partial charge in [0.2, 0.25) is 0 Å². The molecule has 0 radical (unpaired) electrons. The molecule has 7 nitrogen and oxygen atoms in total. The van der Waals surface area contributed by atoms with Crippen LogP contribution in [0.2, 0.25) is 5.02 Å². The minimum absolute atomic E-state index is 0.593. The Morgan fingerprint density at radius 2 is 2.00 bits per heavy atom. The van der Waals surface area contributed by atoms with Crippen molar-refractivity contribution >= 4 is 34.3 Å². The highest BCUT2D eigenvalue weighted by molar-refractivity contribution is 6.30. The minimum Gasteiger partial charge on any atom is -0.365 e. The van der Waals surface area contributed by atoms with Gasteiger partial charge in [-0.05, 0) is 31.2 Å². The molecule has 0 aliphatic carbocycles. The van der Waals surface area contributed by atoms with Crippen molar-refractivity contribution in [2.24, 2.45) is 0 Å². The van der Waals surface area contributed by atoms with Crippen molar-refractivity contribution in [1.82, 2.24) is 24.7 Å². The SMILES string of the molecule is Cc1nc(NCc2cccnc2N(C)C)c2cnn(-c3cccc(Cl)c3)c2n1. The zero-order valence-corrected chi connectivity index (χ0v) is 16.6. The minimum atomic E-state index is 0.593. The first-order valence-corrected chi connectivity index (χ1v) is 9.24. The van der Waals surface area contributed by atoms with Crippen LogP contribution in [0.1, 0.15) is 11.4 Å². The smallest absolute Gasteiger partial charge is 0.168 e. The first-order valence-electron chi connectivity index (χ1n) is 8.86. The first-order chi connectivity index (χ1) is 13.5. The molecule has 4 aromatic rings. The Balaban J connectivity index is 1.71. The predicted molar refractivity (Wildman–Crippen MR) is 112 cm³/mol. The van der Waals surface area contributed by atoms with Crippen molar-refractivity contribution < 1.29 is 0 Å². The first kappa shape index (κ1) is 18.2. The van der Waals surface area contributed by atoms with Gasteiger partial charge in [-0.25, -0.2) is 19.6 Å². The van der Waals surface area contributed by atoms with Gasteiger partial charge in [0.05, 0.1) is 17.3 Å². The molecule has 0 bridgehead atoms. The van der Waals surface area contributed by atoms with Crippen molar-refractivity contribution in [2.45, 2.75) is 13.5 Å². The molecule has 3 heterocycles. The molecular formula is C20H20ClN7. The lowest BCUT2D eigenvalue weighted by molar-refractivity contribution is 0.889. The number of hydrogen-bond donors (Lipinski definition) is 1. The normalized spacial score (nSPS) is 11.0. The molecule has 1 aromatic carbocycles. The van der Waals surface area contributed by atoms with Gasteiger partial charge in [-0.1, -0.05) is 23.7 Å². The molecular weight excluding hydrogens is 374 g/mol. The zero-order chi connectivity index (χ0) is 19.7. The number of hydrogen-bond acceptors (Lipinski definition) is 6. The molecule has 28 heavy (non-hydrogen) atoms. The highest BCUT2D eigenvalue weighted by Gasteiger charge is 2.14. The van der Waals surface area contributed by atoms with E-state index in [0.717, 1.165) is 33.9 Å². The van der Waals surface area contributed by atoms with E-state index in [1.54, 1.807) is 17.1 Å². The fraction of sp³-hybridized carbons (Fsp3) is 0.200. The number of nitrogens with one attached hydrogen (secondary N) is 1. The summed E-state index contributed by atoms with van der Waals surface area (Å²) in [5.41, 5.74) is 2.67. The molecule has 3 aromatic heterocycles. The van der Waals surface area contributed by atoms with Crippen LogP contribution in [0, 0.1) is 6.92 Å². The van der Waals surface area contributed by atoms with Crippen molar-refractivity contribution in [3.63, 3.8) is 0 Å². The van der Waals surface area contributed by atoms with Gasteiger partial charge in [0.15, 0.2) is 5.65 Å². The molecule has 0 aliphatic rings. The van der Waals surface area contributed by atoms with E-state index in [1.807, 2.05) is 56.3 Å². The summed E-state index contributed by atoms with van der Waals surface area (Å²) in [6.45, 7) is 2.46. The summed E-state index contributed by atoms with van der Waals surface area (Å²) >= 11 is 6.14. The number of benzene rings is 1. The van der Waals surface area contributed by atoms with E-state index in [2.05, 4.69) is 31.4 Å². The second kappa shape index (κ2) is 7.44. The van der Waals surface area contributed by atoms with Crippen LogP contribution in [0.15, 0.2) is 48.8 Å². The molecule has 4 rings (SSSR count). The molecule has 142 valence electrons. The van der Waals surface area contributed by atoms with E-state index in [9.17, 15) is 0 Å². The van der Waals surface area contributed by atoms with Crippen LogP contribution in [0.4, 0.5) is 11.6 Å². The van der Waals surface area contributed by atoms with Crippen LogP contribution in [-0.4, -0.2) is 38.8 Å². The maximum atomic E-state index is 6.14. The van der Waals surface area contributed by atoms with Crippen LogP contribution < -0.4 is 10.2 Å². The van der Waals surface area contributed by atoms with Crippen molar-refractivity contribution in [3.8, 4) is 5.69 Å². The van der Waals surface area contributed by atoms with Crippen LogP contribution >= 0.6 is 11.6 Å². The van der Waals surface area contributed by atoms with Crippen molar-refractivity contribution in [3.05, 3.63) is 65.2 Å². The van der Waals surface area contributed by atoms with Gasteiger partial charge in [-0.2, -0.15) is 5.10 Å². The van der Waals surface area contributed by atoms with Crippen LogP contribution in [0.25, 0.3) is 16.7 Å². The van der Waals surface area contributed by atoms with Gasteiger partial charge in [-0.15, -0.1) is 0 Å². The van der Waals surface area contributed by atoms with Gasteiger partial charge in [-0.3, -0.25) is 0 Å². The second-order valence-electron chi connectivity index (χ2n) is 6.63.